The van der Waals surface area contributed by atoms with E-state index >= 15 is 0 Å². The van der Waals surface area contributed by atoms with E-state index in [1.807, 2.05) is 0 Å². The van der Waals surface area contributed by atoms with Crippen LogP contribution in [0, 0.1) is 17.2 Å². The van der Waals surface area contributed by atoms with Crippen molar-refractivity contribution in [2.75, 3.05) is 0 Å². The van der Waals surface area contributed by atoms with Crippen molar-refractivity contribution < 1.29 is 9.47 Å². The molecule has 0 N–H and O–H groups in total. The highest BCUT2D eigenvalue weighted by Gasteiger charge is 2.50. The van der Waals surface area contributed by atoms with Crippen LogP contribution in [0.25, 0.3) is 0 Å². The number of hydrogen-bond donors (Lipinski definition) is 0. The van der Waals surface area contributed by atoms with Crippen LogP contribution in [-0.2, 0) is 9.47 Å². The summed E-state index contributed by atoms with van der Waals surface area (Å²) in [5.41, 5.74) is 0. The van der Waals surface area contributed by atoms with Gasteiger partial charge in [-0.2, -0.15) is 5.26 Å². The second-order valence-corrected chi connectivity index (χ2v) is 5.10. The van der Waals surface area contributed by atoms with E-state index in [9.17, 15) is 0 Å². The number of hydrogen-bond acceptors (Lipinski definition) is 3. The van der Waals surface area contributed by atoms with Crippen LogP contribution >= 0.6 is 0 Å². The van der Waals surface area contributed by atoms with Crippen LogP contribution in [0.1, 0.15) is 52.4 Å². The molecule has 3 atom stereocenters. The second kappa shape index (κ2) is 4.73. The molecule has 0 amide bonds. The lowest BCUT2D eigenvalue weighted by molar-refractivity contribution is -0.226. The van der Waals surface area contributed by atoms with Crippen LogP contribution in [0.5, 0.6) is 0 Å². The fourth-order valence-electron chi connectivity index (χ4n) is 2.95. The molecule has 2 aliphatic rings. The Balaban J connectivity index is 2.07. The molecule has 0 aromatic heterocycles. The molecule has 3 heteroatoms. The van der Waals surface area contributed by atoms with Crippen LogP contribution in [0.3, 0.4) is 0 Å². The lowest BCUT2D eigenvalue weighted by Crippen LogP contribution is -2.42. The molecule has 1 aliphatic carbocycles. The van der Waals surface area contributed by atoms with Crippen LogP contribution in [0.2, 0.25) is 0 Å². The summed E-state index contributed by atoms with van der Waals surface area (Å²) in [6.07, 6.45) is 6.46. The second-order valence-electron chi connectivity index (χ2n) is 5.10. The molecule has 2 fully saturated rings. The zero-order chi connectivity index (χ0) is 11.6. The summed E-state index contributed by atoms with van der Waals surface area (Å²) in [5, 5.41) is 8.70. The van der Waals surface area contributed by atoms with Crippen LogP contribution in [0.15, 0.2) is 0 Å². The third-order valence-corrected chi connectivity index (χ3v) is 3.99. The Morgan fingerprint density at radius 1 is 1.25 bits per heavy atom. The van der Waals surface area contributed by atoms with Crippen LogP contribution < -0.4 is 0 Å². The Morgan fingerprint density at radius 3 is 2.56 bits per heavy atom. The lowest BCUT2D eigenvalue weighted by Gasteiger charge is -2.39. The van der Waals surface area contributed by atoms with Gasteiger partial charge in [0.15, 0.2) is 5.79 Å². The Labute approximate surface area is 97.7 Å². The molecule has 1 saturated carbocycles. The van der Waals surface area contributed by atoms with E-state index in [2.05, 4.69) is 19.9 Å². The minimum Gasteiger partial charge on any atom is -0.344 e. The highest BCUT2D eigenvalue weighted by atomic mass is 16.8. The molecular weight excluding hydrogens is 202 g/mol. The lowest BCUT2D eigenvalue weighted by atomic mass is 9.80. The van der Waals surface area contributed by atoms with Crippen molar-refractivity contribution in [3.63, 3.8) is 0 Å². The van der Waals surface area contributed by atoms with Crippen molar-refractivity contribution in [2.24, 2.45) is 5.92 Å². The highest BCUT2D eigenvalue weighted by Crippen LogP contribution is 2.45. The Hall–Kier alpha value is -0.590. The van der Waals surface area contributed by atoms with E-state index in [0.717, 1.165) is 19.3 Å². The van der Waals surface area contributed by atoms with E-state index in [0.29, 0.717) is 12.3 Å². The van der Waals surface area contributed by atoms with E-state index in [1.165, 1.54) is 12.8 Å². The van der Waals surface area contributed by atoms with E-state index < -0.39 is 0 Å². The van der Waals surface area contributed by atoms with Gasteiger partial charge in [-0.25, -0.2) is 0 Å². The average molecular weight is 223 g/mol. The van der Waals surface area contributed by atoms with Crippen LogP contribution in [-0.4, -0.2) is 18.0 Å². The first-order valence-corrected chi connectivity index (χ1v) is 6.40. The predicted octanol–water partition coefficient (Wildman–Crippen LogP) is 3.00. The van der Waals surface area contributed by atoms with Gasteiger partial charge in [-0.3, -0.25) is 0 Å². The van der Waals surface area contributed by atoms with Crippen molar-refractivity contribution >= 4 is 0 Å². The van der Waals surface area contributed by atoms with E-state index in [1.54, 1.807) is 0 Å². The minimum absolute atomic E-state index is 0.183. The summed E-state index contributed by atoms with van der Waals surface area (Å²) >= 11 is 0. The SMILES string of the molecule is C[C@H]1OC2(CCCCC2CCC#N)O[C@@H]1C. The van der Waals surface area contributed by atoms with Gasteiger partial charge >= 0.3 is 0 Å². The molecular formula is C13H21NO2. The molecule has 16 heavy (non-hydrogen) atoms. The molecule has 0 aromatic carbocycles. The first-order valence-electron chi connectivity index (χ1n) is 6.40. The fraction of sp³-hybridized carbons (Fsp3) is 0.923. The molecule has 2 rings (SSSR count). The normalized spacial score (nSPS) is 37.4. The Bertz CT molecular complexity index is 274. The molecule has 0 aromatic rings. The first kappa shape index (κ1) is 11.9. The summed E-state index contributed by atoms with van der Waals surface area (Å²) in [7, 11) is 0. The fourth-order valence-corrected chi connectivity index (χ4v) is 2.95. The van der Waals surface area contributed by atoms with Crippen molar-refractivity contribution in [1.29, 1.82) is 5.26 Å². The summed E-state index contributed by atoms with van der Waals surface area (Å²) < 4.78 is 12.2. The van der Waals surface area contributed by atoms with Crippen molar-refractivity contribution in [2.45, 2.75) is 70.4 Å². The first-order chi connectivity index (χ1) is 7.68. The predicted molar refractivity (Wildman–Crippen MR) is 60.6 cm³/mol. The molecule has 1 aliphatic heterocycles. The number of rotatable bonds is 2. The van der Waals surface area contributed by atoms with Gasteiger partial charge in [0.1, 0.15) is 0 Å². The van der Waals surface area contributed by atoms with E-state index in [-0.39, 0.29) is 18.0 Å². The van der Waals surface area contributed by atoms with Gasteiger partial charge in [0.05, 0.1) is 18.3 Å². The molecule has 1 spiro atoms. The maximum absolute atomic E-state index is 8.70. The summed E-state index contributed by atoms with van der Waals surface area (Å²) in [6.45, 7) is 4.16. The van der Waals surface area contributed by atoms with Crippen molar-refractivity contribution in [3.05, 3.63) is 0 Å². The van der Waals surface area contributed by atoms with E-state index in [4.69, 9.17) is 14.7 Å². The average Bonchev–Trinajstić information content (AvgIpc) is 2.54. The van der Waals surface area contributed by atoms with Gasteiger partial charge in [-0.15, -0.1) is 0 Å². The maximum Gasteiger partial charge on any atom is 0.172 e. The molecule has 1 unspecified atom stereocenters. The summed E-state index contributed by atoms with van der Waals surface area (Å²) in [4.78, 5) is 0. The van der Waals surface area contributed by atoms with Gasteiger partial charge in [0, 0.05) is 18.8 Å². The third-order valence-electron chi connectivity index (χ3n) is 3.99. The zero-order valence-electron chi connectivity index (χ0n) is 10.2. The molecule has 1 saturated heterocycles. The highest BCUT2D eigenvalue weighted by molar-refractivity contribution is 4.92. The smallest absolute Gasteiger partial charge is 0.172 e. The quantitative estimate of drug-likeness (QED) is 0.722. The minimum atomic E-state index is -0.367. The van der Waals surface area contributed by atoms with Crippen molar-refractivity contribution in [3.8, 4) is 6.07 Å². The zero-order valence-corrected chi connectivity index (χ0v) is 10.2. The third kappa shape index (κ3) is 2.09. The monoisotopic (exact) mass is 223 g/mol. The van der Waals surface area contributed by atoms with Gasteiger partial charge in [0.25, 0.3) is 0 Å². The topological polar surface area (TPSA) is 42.2 Å². The number of nitrogens with zero attached hydrogens (tertiary/aromatic N) is 1. The maximum atomic E-state index is 8.70. The number of ether oxygens (including phenoxy) is 2. The molecule has 0 radical (unpaired) electrons. The molecule has 0 bridgehead atoms. The van der Waals surface area contributed by atoms with Gasteiger partial charge < -0.3 is 9.47 Å². The van der Waals surface area contributed by atoms with Gasteiger partial charge in [0.2, 0.25) is 0 Å². The van der Waals surface area contributed by atoms with Crippen LogP contribution in [0.4, 0.5) is 0 Å². The molecule has 90 valence electrons. The summed E-state index contributed by atoms with van der Waals surface area (Å²) in [5.74, 6) is 0.0433. The Kier molecular flexibility index (Phi) is 3.51. The number of nitriles is 1. The van der Waals surface area contributed by atoms with Gasteiger partial charge in [-0.05, 0) is 33.1 Å². The molecule has 1 heterocycles. The largest absolute Gasteiger partial charge is 0.344 e. The van der Waals surface area contributed by atoms with Gasteiger partial charge in [-0.1, -0.05) is 6.42 Å². The standard InChI is InChI=1S/C13H21NO2/c1-10-11(2)16-13(15-10)8-4-3-6-12(13)7-5-9-14/h10-12H,3-8H2,1-2H3/t10-,11-,12?/m1/s1. The Morgan fingerprint density at radius 2 is 1.94 bits per heavy atom. The molecule has 3 nitrogen and oxygen atoms in total. The summed E-state index contributed by atoms with van der Waals surface area (Å²) in [6, 6.07) is 2.23. The van der Waals surface area contributed by atoms with Crippen molar-refractivity contribution in [1.82, 2.24) is 0 Å².